The van der Waals surface area contributed by atoms with Gasteiger partial charge in [-0.05, 0) is 55.4 Å². The Morgan fingerprint density at radius 3 is 2.67 bits per heavy atom. The summed E-state index contributed by atoms with van der Waals surface area (Å²) in [5, 5.41) is 9.25. The van der Waals surface area contributed by atoms with Crippen molar-refractivity contribution in [1.82, 2.24) is 9.38 Å². The fourth-order valence-corrected chi connectivity index (χ4v) is 4.76. The van der Waals surface area contributed by atoms with Crippen molar-refractivity contribution < 1.29 is 4.79 Å². The van der Waals surface area contributed by atoms with Crippen molar-refractivity contribution >= 4 is 28.4 Å². The molecule has 0 bridgehead atoms. The second-order valence-corrected chi connectivity index (χ2v) is 7.52. The highest BCUT2D eigenvalue weighted by Crippen LogP contribution is 2.39. The van der Waals surface area contributed by atoms with E-state index in [0.717, 1.165) is 67.6 Å². The second kappa shape index (κ2) is 5.98. The van der Waals surface area contributed by atoms with Crippen LogP contribution >= 0.6 is 0 Å². The van der Waals surface area contributed by atoms with E-state index in [0.29, 0.717) is 11.2 Å². The summed E-state index contributed by atoms with van der Waals surface area (Å²) in [5.74, 6) is 0.880. The lowest BCUT2D eigenvalue weighted by Crippen LogP contribution is -2.35. The molecule has 2 N–H and O–H groups in total. The van der Waals surface area contributed by atoms with E-state index in [2.05, 4.69) is 15.4 Å². The minimum absolute atomic E-state index is 0.134. The molecule has 0 atom stereocenters. The number of benzene rings is 1. The van der Waals surface area contributed by atoms with Crippen LogP contribution in [0.5, 0.6) is 0 Å². The molecule has 0 unspecified atom stereocenters. The Kier molecular flexibility index (Phi) is 3.57. The van der Waals surface area contributed by atoms with E-state index in [1.807, 2.05) is 24.3 Å². The summed E-state index contributed by atoms with van der Waals surface area (Å²) < 4.78 is 2.13. The van der Waals surface area contributed by atoms with Crippen molar-refractivity contribution in [2.45, 2.75) is 32.1 Å². The molecular weight excluding hydrogens is 338 g/mol. The lowest BCUT2D eigenvalue weighted by Gasteiger charge is -2.33. The number of carbonyl (C=O) groups is 1. The van der Waals surface area contributed by atoms with Gasteiger partial charge in [-0.2, -0.15) is 5.26 Å². The number of fused-ring (bicyclic) bond motifs is 4. The van der Waals surface area contributed by atoms with E-state index in [1.54, 1.807) is 0 Å². The Morgan fingerprint density at radius 2 is 1.93 bits per heavy atom. The summed E-state index contributed by atoms with van der Waals surface area (Å²) in [6.45, 7) is 1.70. The standard InChI is InChI=1S/C21H21N5O/c22-12-13-8-10-25(11-9-13)21-15-5-3-4-14(15)18(19(23)27)20-24-16-6-1-2-7-17(16)26(20)21/h1-2,6-7,13H,3-5,8-11H2,(H2,23,27). The van der Waals surface area contributed by atoms with Gasteiger partial charge < -0.3 is 10.6 Å². The summed E-state index contributed by atoms with van der Waals surface area (Å²) in [5.41, 5.74) is 11.2. The fraction of sp³-hybridized carbons (Fsp3) is 0.381. The van der Waals surface area contributed by atoms with Gasteiger partial charge in [-0.1, -0.05) is 12.1 Å². The van der Waals surface area contributed by atoms with Gasteiger partial charge in [-0.25, -0.2) is 4.98 Å². The quantitative estimate of drug-likeness (QED) is 0.762. The van der Waals surface area contributed by atoms with Crippen molar-refractivity contribution in [3.8, 4) is 6.07 Å². The molecule has 0 saturated carbocycles. The van der Waals surface area contributed by atoms with Gasteiger partial charge >= 0.3 is 0 Å². The molecule has 27 heavy (non-hydrogen) atoms. The zero-order chi connectivity index (χ0) is 18.5. The minimum atomic E-state index is -0.400. The van der Waals surface area contributed by atoms with E-state index in [4.69, 9.17) is 10.7 Å². The van der Waals surface area contributed by atoms with Gasteiger partial charge in [0.2, 0.25) is 0 Å². The Hall–Kier alpha value is -3.07. The number of piperidine rings is 1. The highest BCUT2D eigenvalue weighted by atomic mass is 16.1. The zero-order valence-electron chi connectivity index (χ0n) is 15.1. The second-order valence-electron chi connectivity index (χ2n) is 7.52. The van der Waals surface area contributed by atoms with Crippen LogP contribution in [0.4, 0.5) is 5.82 Å². The molecule has 2 aliphatic rings. The molecule has 1 aliphatic carbocycles. The van der Waals surface area contributed by atoms with Gasteiger partial charge in [0.05, 0.1) is 22.7 Å². The van der Waals surface area contributed by atoms with E-state index < -0.39 is 5.91 Å². The van der Waals surface area contributed by atoms with Crippen LogP contribution in [-0.4, -0.2) is 28.4 Å². The average Bonchev–Trinajstić information content (AvgIpc) is 3.30. The predicted molar refractivity (Wildman–Crippen MR) is 104 cm³/mol. The first-order valence-electron chi connectivity index (χ1n) is 9.58. The molecule has 3 aromatic rings. The number of anilines is 1. The number of para-hydroxylation sites is 2. The Bertz CT molecular complexity index is 1120. The van der Waals surface area contributed by atoms with E-state index in [-0.39, 0.29) is 5.92 Å². The molecule has 6 heteroatoms. The van der Waals surface area contributed by atoms with Crippen molar-refractivity contribution in [3.05, 3.63) is 41.0 Å². The van der Waals surface area contributed by atoms with Gasteiger partial charge in [-0.3, -0.25) is 9.20 Å². The van der Waals surface area contributed by atoms with Crippen LogP contribution in [0.3, 0.4) is 0 Å². The van der Waals surface area contributed by atoms with Crippen LogP contribution < -0.4 is 10.6 Å². The fourth-order valence-electron chi connectivity index (χ4n) is 4.76. The number of nitrogens with zero attached hydrogens (tertiary/aromatic N) is 4. The number of amides is 1. The monoisotopic (exact) mass is 359 g/mol. The maximum atomic E-state index is 12.3. The number of aromatic nitrogens is 2. The van der Waals surface area contributed by atoms with E-state index >= 15 is 0 Å². The predicted octanol–water partition coefficient (Wildman–Crippen LogP) is 2.82. The van der Waals surface area contributed by atoms with Gasteiger partial charge in [0.15, 0.2) is 5.65 Å². The molecule has 2 aromatic heterocycles. The van der Waals surface area contributed by atoms with Gasteiger partial charge in [-0.15, -0.1) is 0 Å². The van der Waals surface area contributed by atoms with Gasteiger partial charge in [0, 0.05) is 19.0 Å². The van der Waals surface area contributed by atoms with Crippen LogP contribution in [0.15, 0.2) is 24.3 Å². The molecule has 1 aromatic carbocycles. The number of primary amides is 1. The van der Waals surface area contributed by atoms with Crippen molar-refractivity contribution in [2.24, 2.45) is 11.7 Å². The molecule has 0 radical (unpaired) electrons. The highest BCUT2D eigenvalue weighted by Gasteiger charge is 2.31. The van der Waals surface area contributed by atoms with Crippen molar-refractivity contribution in [2.75, 3.05) is 18.0 Å². The van der Waals surface area contributed by atoms with Crippen LogP contribution in [-0.2, 0) is 12.8 Å². The minimum Gasteiger partial charge on any atom is -0.365 e. The van der Waals surface area contributed by atoms with Crippen LogP contribution in [0.2, 0.25) is 0 Å². The zero-order valence-corrected chi connectivity index (χ0v) is 15.1. The highest BCUT2D eigenvalue weighted by molar-refractivity contribution is 6.03. The summed E-state index contributed by atoms with van der Waals surface area (Å²) in [6.07, 6.45) is 4.59. The number of hydrogen-bond acceptors (Lipinski definition) is 4. The molecule has 0 spiro atoms. The Balaban J connectivity index is 1.83. The summed E-state index contributed by atoms with van der Waals surface area (Å²) in [4.78, 5) is 19.5. The number of imidazole rings is 1. The third-order valence-corrected chi connectivity index (χ3v) is 6.01. The maximum absolute atomic E-state index is 12.3. The Labute approximate surface area is 157 Å². The van der Waals surface area contributed by atoms with Crippen LogP contribution in [0.1, 0.15) is 40.7 Å². The number of rotatable bonds is 2. The lowest BCUT2D eigenvalue weighted by atomic mass is 9.97. The third-order valence-electron chi connectivity index (χ3n) is 6.01. The lowest BCUT2D eigenvalue weighted by molar-refractivity contribution is 0.100. The molecule has 1 saturated heterocycles. The third kappa shape index (κ3) is 2.31. The largest absolute Gasteiger partial charge is 0.365 e. The number of hydrogen-bond donors (Lipinski definition) is 1. The molecule has 1 amide bonds. The molecule has 1 fully saturated rings. The molecule has 136 valence electrons. The maximum Gasteiger partial charge on any atom is 0.252 e. The van der Waals surface area contributed by atoms with Crippen LogP contribution in [0, 0.1) is 17.2 Å². The van der Waals surface area contributed by atoms with E-state index in [1.165, 1.54) is 5.56 Å². The van der Waals surface area contributed by atoms with Gasteiger partial charge in [0.1, 0.15) is 5.82 Å². The SMILES string of the molecule is N#CC1CCN(c2c3c(c(C(N)=O)c4nc5ccccc5n24)CCC3)CC1. The number of nitrogens with two attached hydrogens (primary N) is 1. The molecule has 5 rings (SSSR count). The van der Waals surface area contributed by atoms with Crippen molar-refractivity contribution in [1.29, 1.82) is 5.26 Å². The smallest absolute Gasteiger partial charge is 0.252 e. The normalized spacial score (nSPS) is 17.4. The van der Waals surface area contributed by atoms with Crippen molar-refractivity contribution in [3.63, 3.8) is 0 Å². The first kappa shape index (κ1) is 16.1. The topological polar surface area (TPSA) is 87.4 Å². The summed E-state index contributed by atoms with van der Waals surface area (Å²) in [7, 11) is 0. The van der Waals surface area contributed by atoms with Gasteiger partial charge in [0.25, 0.3) is 5.91 Å². The first-order valence-corrected chi connectivity index (χ1v) is 9.58. The number of pyridine rings is 1. The molecule has 6 nitrogen and oxygen atoms in total. The van der Waals surface area contributed by atoms with Crippen LogP contribution in [0.25, 0.3) is 16.7 Å². The summed E-state index contributed by atoms with van der Waals surface area (Å²) in [6, 6.07) is 10.4. The average molecular weight is 359 g/mol. The van der Waals surface area contributed by atoms with E-state index in [9.17, 15) is 10.1 Å². The number of carbonyl (C=O) groups excluding carboxylic acids is 1. The Morgan fingerprint density at radius 1 is 1.19 bits per heavy atom. The molecule has 3 heterocycles. The molecule has 1 aliphatic heterocycles. The molecular formula is C21H21N5O. The summed E-state index contributed by atoms with van der Waals surface area (Å²) >= 11 is 0. The number of nitriles is 1. The first-order chi connectivity index (χ1) is 13.2.